The van der Waals surface area contributed by atoms with Crippen molar-refractivity contribution in [1.82, 2.24) is 5.32 Å². The number of aliphatic carboxylic acids is 2. The summed E-state index contributed by atoms with van der Waals surface area (Å²) in [6.45, 7) is 2.22. The number of carbonyl (C=O) groups excluding carboxylic acids is 2. The van der Waals surface area contributed by atoms with E-state index in [-0.39, 0.29) is 76.6 Å². The molecule has 26 heavy (non-hydrogen) atoms. The second-order valence-electron chi connectivity index (χ2n) is 6.66. The zero-order valence-electron chi connectivity index (χ0n) is 16.6. The molecule has 0 radical (unpaired) electrons. The molecular formula is C19H34KNO5. The van der Waals surface area contributed by atoms with E-state index in [1.165, 1.54) is 51.4 Å². The monoisotopic (exact) mass is 395 g/mol. The molecule has 6 nitrogen and oxygen atoms in total. The molecule has 146 valence electrons. The van der Waals surface area contributed by atoms with Crippen molar-refractivity contribution in [1.29, 1.82) is 0 Å². The van der Waals surface area contributed by atoms with Crippen LogP contribution in [0.4, 0.5) is 0 Å². The molecule has 1 unspecified atom stereocenters. The van der Waals surface area contributed by atoms with E-state index >= 15 is 0 Å². The molecule has 0 fully saturated rings. The molecule has 0 bridgehead atoms. The van der Waals surface area contributed by atoms with Crippen LogP contribution in [0.15, 0.2) is 0 Å². The molecular weight excluding hydrogens is 361 g/mol. The summed E-state index contributed by atoms with van der Waals surface area (Å²) >= 11 is 0. The molecule has 0 aromatic rings. The van der Waals surface area contributed by atoms with E-state index in [0.29, 0.717) is 0 Å². The normalized spacial score (nSPS) is 11.4. The molecule has 2 N–H and O–H groups in total. The van der Waals surface area contributed by atoms with Crippen LogP contribution in [0, 0.1) is 0 Å². The summed E-state index contributed by atoms with van der Waals surface area (Å²) in [6, 6.07) is -1.23. The molecule has 0 rings (SSSR count). The van der Waals surface area contributed by atoms with Gasteiger partial charge in [0.25, 0.3) is 0 Å². The minimum Gasteiger partial charge on any atom is -0.548 e. The van der Waals surface area contributed by atoms with Crippen molar-refractivity contribution in [3.8, 4) is 0 Å². The van der Waals surface area contributed by atoms with Crippen LogP contribution in [0.2, 0.25) is 0 Å². The van der Waals surface area contributed by atoms with Crippen molar-refractivity contribution < 1.29 is 76.0 Å². The van der Waals surface area contributed by atoms with Crippen LogP contribution in [-0.4, -0.2) is 29.0 Å². The van der Waals surface area contributed by atoms with E-state index in [1.807, 2.05) is 0 Å². The van der Waals surface area contributed by atoms with Gasteiger partial charge in [-0.3, -0.25) is 9.59 Å². The Balaban J connectivity index is 0. The number of carbonyl (C=O) groups is 3. The van der Waals surface area contributed by atoms with Crippen LogP contribution >= 0.6 is 0 Å². The predicted molar refractivity (Wildman–Crippen MR) is 94.9 cm³/mol. The van der Waals surface area contributed by atoms with Gasteiger partial charge >= 0.3 is 57.4 Å². The van der Waals surface area contributed by atoms with Crippen molar-refractivity contribution in [3.05, 3.63) is 0 Å². The minimum absolute atomic E-state index is 0. The molecule has 7 heteroatoms. The zero-order valence-corrected chi connectivity index (χ0v) is 19.7. The van der Waals surface area contributed by atoms with E-state index in [0.717, 1.165) is 19.3 Å². The number of carboxylic acids is 2. The molecule has 1 amide bonds. The number of carboxylic acid groups (broad SMARTS) is 2. The Labute approximate surface area is 200 Å². The molecule has 0 aliphatic rings. The molecule has 1 atom stereocenters. The van der Waals surface area contributed by atoms with Gasteiger partial charge in [-0.25, -0.2) is 0 Å². The third-order valence-corrected chi connectivity index (χ3v) is 4.27. The first-order valence-electron chi connectivity index (χ1n) is 9.69. The van der Waals surface area contributed by atoms with E-state index in [1.54, 1.807) is 0 Å². The van der Waals surface area contributed by atoms with E-state index < -0.39 is 18.0 Å². The Kier molecular flexibility index (Phi) is 21.5. The van der Waals surface area contributed by atoms with Crippen molar-refractivity contribution in [3.63, 3.8) is 0 Å². The SMILES string of the molecule is CCCCCCCCCCCCCC(=O)NC(CCC(=O)O)C(=O)[O-].[K+]. The molecule has 0 aromatic heterocycles. The topological polar surface area (TPSA) is 107 Å². The summed E-state index contributed by atoms with van der Waals surface area (Å²) in [5.74, 6) is -2.88. The smallest absolute Gasteiger partial charge is 0.548 e. The summed E-state index contributed by atoms with van der Waals surface area (Å²) in [7, 11) is 0. The number of hydrogen-bond donors (Lipinski definition) is 2. The van der Waals surface area contributed by atoms with Gasteiger partial charge in [0.1, 0.15) is 0 Å². The Morgan fingerprint density at radius 1 is 0.846 bits per heavy atom. The van der Waals surface area contributed by atoms with Gasteiger partial charge < -0.3 is 20.3 Å². The quantitative estimate of drug-likeness (QED) is 0.262. The fraction of sp³-hybridized carbons (Fsp3) is 0.842. The van der Waals surface area contributed by atoms with Gasteiger partial charge in [0, 0.05) is 12.8 Å². The Morgan fingerprint density at radius 2 is 1.31 bits per heavy atom. The van der Waals surface area contributed by atoms with E-state index in [4.69, 9.17) is 5.11 Å². The van der Waals surface area contributed by atoms with Gasteiger partial charge in [-0.2, -0.15) is 0 Å². The zero-order chi connectivity index (χ0) is 18.9. The third-order valence-electron chi connectivity index (χ3n) is 4.27. The van der Waals surface area contributed by atoms with Gasteiger partial charge in [-0.1, -0.05) is 71.1 Å². The maximum Gasteiger partial charge on any atom is 1.00 e. The van der Waals surface area contributed by atoms with Gasteiger partial charge in [0.15, 0.2) is 0 Å². The molecule has 0 saturated heterocycles. The summed E-state index contributed by atoms with van der Waals surface area (Å²) in [5, 5.41) is 21.8. The third kappa shape index (κ3) is 18.8. The Morgan fingerprint density at radius 3 is 1.73 bits per heavy atom. The Bertz CT molecular complexity index is 390. The van der Waals surface area contributed by atoms with Crippen molar-refractivity contribution in [2.75, 3.05) is 0 Å². The van der Waals surface area contributed by atoms with E-state index in [2.05, 4.69) is 12.2 Å². The number of hydrogen-bond acceptors (Lipinski definition) is 4. The number of nitrogens with one attached hydrogen (secondary N) is 1. The molecule has 0 aliphatic heterocycles. The van der Waals surface area contributed by atoms with Crippen molar-refractivity contribution in [2.45, 2.75) is 103 Å². The standard InChI is InChI=1S/C19H35NO5.K/c1-2-3-4-5-6-7-8-9-10-11-12-13-17(21)20-16(19(24)25)14-15-18(22)23;/h16H,2-15H2,1H3,(H,20,21)(H,22,23)(H,24,25);/q;+1/p-1. The summed E-state index contributed by atoms with van der Waals surface area (Å²) in [6.07, 6.45) is 12.8. The summed E-state index contributed by atoms with van der Waals surface area (Å²) in [4.78, 5) is 33.1. The minimum atomic E-state index is -1.44. The van der Waals surface area contributed by atoms with Crippen LogP contribution in [-0.2, 0) is 14.4 Å². The fourth-order valence-corrected chi connectivity index (χ4v) is 2.73. The van der Waals surface area contributed by atoms with Crippen LogP contribution in [0.5, 0.6) is 0 Å². The van der Waals surface area contributed by atoms with Crippen molar-refractivity contribution in [2.24, 2.45) is 0 Å². The first kappa shape index (κ1) is 28.3. The van der Waals surface area contributed by atoms with Gasteiger partial charge in [0.05, 0.1) is 12.0 Å². The second-order valence-corrected chi connectivity index (χ2v) is 6.66. The average molecular weight is 396 g/mol. The molecule has 0 aliphatic carbocycles. The number of unbranched alkanes of at least 4 members (excludes halogenated alkanes) is 10. The van der Waals surface area contributed by atoms with Crippen LogP contribution in [0.3, 0.4) is 0 Å². The molecule has 0 saturated carbocycles. The van der Waals surface area contributed by atoms with Crippen molar-refractivity contribution >= 4 is 17.8 Å². The van der Waals surface area contributed by atoms with Gasteiger partial charge in [-0.05, 0) is 12.8 Å². The van der Waals surface area contributed by atoms with Gasteiger partial charge in [-0.15, -0.1) is 0 Å². The first-order chi connectivity index (χ1) is 12.0. The predicted octanol–water partition coefficient (Wildman–Crippen LogP) is -0.209. The summed E-state index contributed by atoms with van der Waals surface area (Å²) in [5.41, 5.74) is 0. The molecule has 0 heterocycles. The Hall–Kier alpha value is 0.0464. The first-order valence-corrected chi connectivity index (χ1v) is 9.69. The number of amides is 1. The van der Waals surface area contributed by atoms with Gasteiger partial charge in [0.2, 0.25) is 5.91 Å². The molecule has 0 spiro atoms. The fourth-order valence-electron chi connectivity index (χ4n) is 2.73. The van der Waals surface area contributed by atoms with Crippen LogP contribution < -0.4 is 61.8 Å². The number of rotatable bonds is 17. The maximum atomic E-state index is 11.7. The summed E-state index contributed by atoms with van der Waals surface area (Å²) < 4.78 is 0. The largest absolute Gasteiger partial charge is 1.00 e. The molecule has 0 aromatic carbocycles. The van der Waals surface area contributed by atoms with Crippen LogP contribution in [0.25, 0.3) is 0 Å². The second kappa shape index (κ2) is 19.8. The van der Waals surface area contributed by atoms with E-state index in [9.17, 15) is 19.5 Å². The average Bonchev–Trinajstić information content (AvgIpc) is 2.56. The maximum absolute atomic E-state index is 11.7. The van der Waals surface area contributed by atoms with Crippen LogP contribution in [0.1, 0.15) is 96.8 Å².